The maximum Gasteiger partial charge on any atom is 0.164 e. The highest BCUT2D eigenvalue weighted by Gasteiger charge is 2.19. The Morgan fingerprint density at radius 1 is 0.274 bits per heavy atom. The average Bonchev–Trinajstić information content (AvgIpc) is 3.89. The van der Waals surface area contributed by atoms with E-state index in [0.29, 0.717) is 34.9 Å². The van der Waals surface area contributed by atoms with Crippen LogP contribution in [-0.4, -0.2) is 34.5 Å². The number of para-hydroxylation sites is 2. The third-order valence-corrected chi connectivity index (χ3v) is 12.4. The zero-order valence-electron chi connectivity index (χ0n) is 33.1. The lowest BCUT2D eigenvalue weighted by atomic mass is 10.1. The molecule has 4 heterocycles. The Morgan fingerprint density at radius 2 is 0.694 bits per heavy atom. The Bertz CT molecular complexity index is 3570. The van der Waals surface area contributed by atoms with Crippen molar-refractivity contribution < 1.29 is 0 Å². The number of hydrogen-bond acceptors (Lipinski definition) is 7. The highest BCUT2D eigenvalue weighted by Crippen LogP contribution is 2.39. The van der Waals surface area contributed by atoms with Gasteiger partial charge < -0.3 is 4.57 Å². The maximum absolute atomic E-state index is 5.20. The average molecular weight is 812 g/mol. The molecule has 0 radical (unpaired) electrons. The monoisotopic (exact) mass is 811 g/mol. The van der Waals surface area contributed by atoms with Gasteiger partial charge in [0.15, 0.2) is 34.9 Å². The van der Waals surface area contributed by atoms with Gasteiger partial charge >= 0.3 is 0 Å². The van der Waals surface area contributed by atoms with E-state index in [4.69, 9.17) is 29.9 Å². The van der Waals surface area contributed by atoms with E-state index < -0.39 is 0 Å². The molecular weight excluding hydrogens is 779 g/mol. The zero-order chi connectivity index (χ0) is 41.0. The summed E-state index contributed by atoms with van der Waals surface area (Å²) in [5.41, 5.74) is 8.91. The third-order valence-electron chi connectivity index (χ3n) is 11.3. The van der Waals surface area contributed by atoms with Gasteiger partial charge in [-0.15, -0.1) is 11.3 Å². The topological polar surface area (TPSA) is 82.3 Å². The van der Waals surface area contributed by atoms with Gasteiger partial charge in [0.05, 0.1) is 11.0 Å². The predicted octanol–water partition coefficient (Wildman–Crippen LogP) is 13.5. The van der Waals surface area contributed by atoms with Gasteiger partial charge in [-0.05, 0) is 48.5 Å². The molecule has 0 spiro atoms. The second kappa shape index (κ2) is 14.8. The van der Waals surface area contributed by atoms with Crippen molar-refractivity contribution in [3.05, 3.63) is 200 Å². The van der Waals surface area contributed by atoms with E-state index in [9.17, 15) is 0 Å². The predicted molar refractivity (Wildman–Crippen MR) is 253 cm³/mol. The van der Waals surface area contributed by atoms with E-state index in [0.717, 1.165) is 65.6 Å². The SMILES string of the molecule is c1ccc(-c2nc(-c3ccccc3)nc(-c3ccc4c(c3)sc3ccc(-c5nc(-c6ccccc6)nc(-c6ccc7c8ccccc8n(-c8ccccc8)c7c6)n5)cc34)n2)cc1. The summed E-state index contributed by atoms with van der Waals surface area (Å²) in [4.78, 5) is 30.3. The highest BCUT2D eigenvalue weighted by molar-refractivity contribution is 7.25. The van der Waals surface area contributed by atoms with Crippen LogP contribution in [0, 0.1) is 0 Å². The van der Waals surface area contributed by atoms with Crippen LogP contribution in [0.2, 0.25) is 0 Å². The lowest BCUT2D eigenvalue weighted by Gasteiger charge is -2.10. The van der Waals surface area contributed by atoms with Gasteiger partial charge in [0.25, 0.3) is 0 Å². The molecule has 0 saturated heterocycles. The third kappa shape index (κ3) is 6.29. The molecule has 0 aliphatic heterocycles. The van der Waals surface area contributed by atoms with Crippen molar-refractivity contribution >= 4 is 53.3 Å². The minimum Gasteiger partial charge on any atom is -0.309 e. The smallest absolute Gasteiger partial charge is 0.164 e. The van der Waals surface area contributed by atoms with Crippen molar-refractivity contribution in [2.45, 2.75) is 0 Å². The summed E-state index contributed by atoms with van der Waals surface area (Å²) < 4.78 is 4.63. The largest absolute Gasteiger partial charge is 0.309 e. The van der Waals surface area contributed by atoms with Gasteiger partial charge in [0.1, 0.15) is 0 Å². The summed E-state index contributed by atoms with van der Waals surface area (Å²) in [5.74, 6) is 3.76. The number of nitrogens with zero attached hydrogens (tertiary/aromatic N) is 7. The van der Waals surface area contributed by atoms with E-state index in [1.165, 1.54) is 15.5 Å². The number of rotatable bonds is 7. The Hall–Kier alpha value is -8.20. The molecule has 0 unspecified atom stereocenters. The molecule has 0 fully saturated rings. The van der Waals surface area contributed by atoms with Gasteiger partial charge in [0, 0.05) is 70.0 Å². The first-order valence-electron chi connectivity index (χ1n) is 20.4. The van der Waals surface area contributed by atoms with Gasteiger partial charge in [-0.3, -0.25) is 0 Å². The molecule has 0 aliphatic carbocycles. The minimum atomic E-state index is 0.613. The number of aromatic nitrogens is 7. The van der Waals surface area contributed by atoms with Gasteiger partial charge in [0.2, 0.25) is 0 Å². The first-order valence-corrected chi connectivity index (χ1v) is 21.3. The fraction of sp³-hybridized carbons (Fsp3) is 0. The molecule has 8 heteroatoms. The summed E-state index contributed by atoms with van der Waals surface area (Å²) in [7, 11) is 0. The van der Waals surface area contributed by atoms with Crippen molar-refractivity contribution in [3.63, 3.8) is 0 Å². The first kappa shape index (κ1) is 35.7. The van der Waals surface area contributed by atoms with Crippen LogP contribution in [0.15, 0.2) is 200 Å². The van der Waals surface area contributed by atoms with Gasteiger partial charge in [-0.1, -0.05) is 152 Å². The highest BCUT2D eigenvalue weighted by atomic mass is 32.1. The van der Waals surface area contributed by atoms with E-state index in [2.05, 4.69) is 108 Å². The molecule has 0 saturated carbocycles. The zero-order valence-corrected chi connectivity index (χ0v) is 33.9. The molecule has 62 heavy (non-hydrogen) atoms. The Kier molecular flexibility index (Phi) is 8.53. The number of fused-ring (bicyclic) bond motifs is 6. The number of hydrogen-bond donors (Lipinski definition) is 0. The van der Waals surface area contributed by atoms with Crippen molar-refractivity contribution in [1.82, 2.24) is 34.5 Å². The molecule has 12 rings (SSSR count). The summed E-state index contributed by atoms with van der Waals surface area (Å²) >= 11 is 1.75. The molecular formula is C54H33N7S. The van der Waals surface area contributed by atoms with Crippen molar-refractivity contribution in [2.75, 3.05) is 0 Å². The Labute approximate surface area is 360 Å². The lowest BCUT2D eigenvalue weighted by molar-refractivity contribution is 1.07. The summed E-state index contributed by atoms with van der Waals surface area (Å²) in [6, 6.07) is 68.9. The van der Waals surface area contributed by atoms with Crippen LogP contribution in [0.25, 0.3) is 116 Å². The normalized spacial score (nSPS) is 11.5. The quantitative estimate of drug-likeness (QED) is 0.159. The van der Waals surface area contributed by atoms with Crippen LogP contribution >= 0.6 is 11.3 Å². The van der Waals surface area contributed by atoms with Crippen LogP contribution in [0.5, 0.6) is 0 Å². The standard InChI is InChI=1S/C54H33N7S/c1-5-15-34(16-6-1)49-55-50(35-17-7-2-8-18-35)59-54(58-49)39-26-29-43-44-31-37(27-30-47(44)62-48(43)33-39)52-56-51(36-19-9-3-10-20-36)57-53(60-52)38-25-28-42-41-23-13-14-24-45(41)61(46(42)32-38)40-21-11-4-12-22-40/h1-33H. The molecule has 0 aliphatic rings. The fourth-order valence-corrected chi connectivity index (χ4v) is 9.43. The fourth-order valence-electron chi connectivity index (χ4n) is 8.31. The molecule has 290 valence electrons. The van der Waals surface area contributed by atoms with Gasteiger partial charge in [-0.25, -0.2) is 29.9 Å². The number of benzene rings is 8. The maximum atomic E-state index is 5.20. The van der Waals surface area contributed by atoms with E-state index in [1.807, 2.05) is 97.1 Å². The molecule has 12 aromatic rings. The van der Waals surface area contributed by atoms with E-state index in [-0.39, 0.29) is 0 Å². The van der Waals surface area contributed by atoms with Gasteiger partial charge in [-0.2, -0.15) is 0 Å². The lowest BCUT2D eigenvalue weighted by Crippen LogP contribution is -2.00. The van der Waals surface area contributed by atoms with Crippen LogP contribution in [-0.2, 0) is 0 Å². The minimum absolute atomic E-state index is 0.613. The molecule has 0 atom stereocenters. The van der Waals surface area contributed by atoms with Crippen LogP contribution in [0.4, 0.5) is 0 Å². The Morgan fingerprint density at radius 3 is 1.26 bits per heavy atom. The van der Waals surface area contributed by atoms with Crippen molar-refractivity contribution in [2.24, 2.45) is 0 Å². The van der Waals surface area contributed by atoms with E-state index in [1.54, 1.807) is 11.3 Å². The van der Waals surface area contributed by atoms with Crippen LogP contribution in [0.1, 0.15) is 0 Å². The molecule has 8 aromatic carbocycles. The van der Waals surface area contributed by atoms with E-state index >= 15 is 0 Å². The molecule has 0 N–H and O–H groups in total. The first-order chi connectivity index (χ1) is 30.7. The number of thiophene rings is 1. The summed E-state index contributed by atoms with van der Waals surface area (Å²) in [5, 5.41) is 4.65. The van der Waals surface area contributed by atoms with Crippen molar-refractivity contribution in [3.8, 4) is 74.0 Å². The summed E-state index contributed by atoms with van der Waals surface area (Å²) in [6.07, 6.45) is 0. The van der Waals surface area contributed by atoms with Crippen LogP contribution < -0.4 is 0 Å². The molecule has 0 bridgehead atoms. The van der Waals surface area contributed by atoms with Crippen LogP contribution in [0.3, 0.4) is 0 Å². The summed E-state index contributed by atoms with van der Waals surface area (Å²) in [6.45, 7) is 0. The Balaban J connectivity index is 0.980. The second-order valence-electron chi connectivity index (χ2n) is 15.2. The molecule has 7 nitrogen and oxygen atoms in total. The molecule has 4 aromatic heterocycles. The second-order valence-corrected chi connectivity index (χ2v) is 16.2. The van der Waals surface area contributed by atoms with Crippen molar-refractivity contribution in [1.29, 1.82) is 0 Å². The molecule has 0 amide bonds.